The molecular formula is C29H30FN3O3S2. The van der Waals surface area contributed by atoms with Crippen LogP contribution in [0.2, 0.25) is 0 Å². The van der Waals surface area contributed by atoms with Gasteiger partial charge >= 0.3 is 0 Å². The average molecular weight is 552 g/mol. The van der Waals surface area contributed by atoms with E-state index in [-0.39, 0.29) is 23.4 Å². The number of sulfonamides is 1. The van der Waals surface area contributed by atoms with Gasteiger partial charge in [-0.25, -0.2) is 12.8 Å². The molecule has 0 spiro atoms. The van der Waals surface area contributed by atoms with Gasteiger partial charge in [0.25, 0.3) is 0 Å². The van der Waals surface area contributed by atoms with Crippen LogP contribution in [0.15, 0.2) is 83.3 Å². The fourth-order valence-electron chi connectivity index (χ4n) is 4.80. The van der Waals surface area contributed by atoms with Crippen molar-refractivity contribution in [3.05, 3.63) is 89.1 Å². The van der Waals surface area contributed by atoms with Crippen LogP contribution in [0.3, 0.4) is 0 Å². The monoisotopic (exact) mass is 551 g/mol. The first-order valence-corrected chi connectivity index (χ1v) is 14.8. The number of likely N-dealkylation sites (N-methyl/N-ethyl adjacent to an activating group) is 1. The number of anilines is 2. The van der Waals surface area contributed by atoms with E-state index in [0.29, 0.717) is 41.4 Å². The summed E-state index contributed by atoms with van der Waals surface area (Å²) in [7, 11) is -2.19. The molecule has 1 aliphatic heterocycles. The lowest BCUT2D eigenvalue weighted by Gasteiger charge is -2.30. The topological polar surface area (TPSA) is 62.7 Å². The van der Waals surface area contributed by atoms with E-state index in [4.69, 9.17) is 4.74 Å². The molecule has 4 aromatic rings. The van der Waals surface area contributed by atoms with Gasteiger partial charge in [0.05, 0.1) is 16.1 Å². The molecule has 0 radical (unpaired) electrons. The summed E-state index contributed by atoms with van der Waals surface area (Å²) in [5.41, 5.74) is 4.45. The van der Waals surface area contributed by atoms with Crippen LogP contribution in [-0.4, -0.2) is 37.3 Å². The van der Waals surface area contributed by atoms with Crippen LogP contribution in [0.5, 0.6) is 5.75 Å². The van der Waals surface area contributed by atoms with E-state index < -0.39 is 10.0 Å². The van der Waals surface area contributed by atoms with Gasteiger partial charge in [0.15, 0.2) is 0 Å². The maximum Gasteiger partial charge on any atom is 0.245 e. The van der Waals surface area contributed by atoms with Crippen molar-refractivity contribution in [2.75, 3.05) is 18.5 Å². The van der Waals surface area contributed by atoms with Crippen molar-refractivity contribution in [1.82, 2.24) is 9.29 Å². The number of para-hydroxylation sites is 1. The summed E-state index contributed by atoms with van der Waals surface area (Å²) in [6, 6.07) is 19.1. The predicted molar refractivity (Wildman–Crippen MR) is 150 cm³/mol. The summed E-state index contributed by atoms with van der Waals surface area (Å²) in [6.07, 6.45) is 2.46. The Kier molecular flexibility index (Phi) is 7.52. The first kappa shape index (κ1) is 26.3. The number of nitrogens with zero attached hydrogens (tertiary/aromatic N) is 3. The summed E-state index contributed by atoms with van der Waals surface area (Å²) in [6.45, 7) is 4.98. The second kappa shape index (κ2) is 10.8. The van der Waals surface area contributed by atoms with Crippen LogP contribution >= 0.6 is 11.3 Å². The molecule has 198 valence electrons. The standard InChI is InChI=1S/C29H30FN3O3S2/c1-20(2)13-24-17-33(23-7-5-4-6-8-23)27-15-28(36-18-25-16-31-19-37-25)26(21-9-11-22(30)12-10-21)14-29(27)38(34,35)32(24)3/h4-12,14-16,19-20,24H,13,17-18H2,1-3H3/t24-/m1/s1. The third kappa shape index (κ3) is 5.32. The molecule has 0 N–H and O–H groups in total. The largest absolute Gasteiger partial charge is 0.487 e. The van der Waals surface area contributed by atoms with Crippen LogP contribution < -0.4 is 9.64 Å². The lowest BCUT2D eigenvalue weighted by atomic mass is 10.0. The number of hydrogen-bond donors (Lipinski definition) is 0. The van der Waals surface area contributed by atoms with Crippen LogP contribution in [0, 0.1) is 11.7 Å². The van der Waals surface area contributed by atoms with Gasteiger partial charge in [-0.3, -0.25) is 4.98 Å². The Morgan fingerprint density at radius 2 is 1.84 bits per heavy atom. The maximum absolute atomic E-state index is 14.1. The highest BCUT2D eigenvalue weighted by atomic mass is 32.2. The highest BCUT2D eigenvalue weighted by Crippen LogP contribution is 2.44. The predicted octanol–water partition coefficient (Wildman–Crippen LogP) is 6.72. The lowest BCUT2D eigenvalue weighted by molar-refractivity contribution is 0.310. The number of ether oxygens (including phenoxy) is 1. The molecule has 0 bridgehead atoms. The molecule has 38 heavy (non-hydrogen) atoms. The molecule has 0 aliphatic carbocycles. The van der Waals surface area contributed by atoms with E-state index in [2.05, 4.69) is 23.7 Å². The Hall–Kier alpha value is -3.27. The highest BCUT2D eigenvalue weighted by molar-refractivity contribution is 7.89. The number of benzene rings is 3. The van der Waals surface area contributed by atoms with Gasteiger partial charge in [0.2, 0.25) is 10.0 Å². The summed E-state index contributed by atoms with van der Waals surface area (Å²) in [4.78, 5) is 7.32. The SMILES string of the molecule is CC(C)C[C@@H]1CN(c2ccccc2)c2cc(OCc3cncs3)c(-c3ccc(F)cc3)cc2S(=O)(=O)N1C. The molecule has 1 aromatic heterocycles. The van der Waals surface area contributed by atoms with Gasteiger partial charge in [-0.15, -0.1) is 11.3 Å². The quantitative estimate of drug-likeness (QED) is 0.255. The van der Waals surface area contributed by atoms with Gasteiger partial charge in [-0.2, -0.15) is 4.31 Å². The number of hydrogen-bond acceptors (Lipinski definition) is 6. The van der Waals surface area contributed by atoms with Crippen molar-refractivity contribution >= 4 is 32.7 Å². The van der Waals surface area contributed by atoms with E-state index in [1.54, 1.807) is 37.0 Å². The minimum Gasteiger partial charge on any atom is -0.487 e. The summed E-state index contributed by atoms with van der Waals surface area (Å²) < 4.78 is 49.7. The molecule has 6 nitrogen and oxygen atoms in total. The third-order valence-corrected chi connectivity index (χ3v) is 9.43. The number of thiazole rings is 1. The minimum absolute atomic E-state index is 0.194. The Morgan fingerprint density at radius 3 is 2.50 bits per heavy atom. The zero-order chi connectivity index (χ0) is 26.9. The van der Waals surface area contributed by atoms with E-state index >= 15 is 0 Å². The van der Waals surface area contributed by atoms with Crippen molar-refractivity contribution in [3.8, 4) is 16.9 Å². The van der Waals surface area contributed by atoms with Gasteiger partial charge in [-0.05, 0) is 48.2 Å². The summed E-state index contributed by atoms with van der Waals surface area (Å²) in [5, 5.41) is 0. The van der Waals surface area contributed by atoms with Crippen molar-refractivity contribution in [2.24, 2.45) is 5.92 Å². The van der Waals surface area contributed by atoms with E-state index in [9.17, 15) is 12.8 Å². The number of aromatic nitrogens is 1. The smallest absolute Gasteiger partial charge is 0.245 e. The maximum atomic E-state index is 14.1. The Labute approximate surface area is 227 Å². The third-order valence-electron chi connectivity index (χ3n) is 6.74. The van der Waals surface area contributed by atoms with Crippen molar-refractivity contribution in [2.45, 2.75) is 37.8 Å². The van der Waals surface area contributed by atoms with Crippen LogP contribution in [-0.2, 0) is 16.6 Å². The molecule has 0 unspecified atom stereocenters. The number of rotatable bonds is 7. The Bertz CT molecular complexity index is 1490. The second-order valence-electron chi connectivity index (χ2n) is 9.83. The molecule has 5 rings (SSSR count). The van der Waals surface area contributed by atoms with Crippen LogP contribution in [0.25, 0.3) is 11.1 Å². The van der Waals surface area contributed by atoms with Crippen LogP contribution in [0.4, 0.5) is 15.8 Å². The van der Waals surface area contributed by atoms with Gasteiger partial charge in [0.1, 0.15) is 23.1 Å². The number of fused-ring (bicyclic) bond motifs is 1. The molecule has 1 aliphatic rings. The fourth-order valence-corrected chi connectivity index (χ4v) is 6.86. The molecule has 0 amide bonds. The minimum atomic E-state index is -3.85. The van der Waals surface area contributed by atoms with E-state index in [0.717, 1.165) is 10.6 Å². The first-order chi connectivity index (χ1) is 18.2. The molecular weight excluding hydrogens is 521 g/mol. The van der Waals surface area contributed by atoms with Crippen LogP contribution in [0.1, 0.15) is 25.1 Å². The Balaban J connectivity index is 1.72. The summed E-state index contributed by atoms with van der Waals surface area (Å²) >= 11 is 1.48. The second-order valence-corrected chi connectivity index (χ2v) is 12.8. The molecule has 0 fully saturated rings. The highest BCUT2D eigenvalue weighted by Gasteiger charge is 2.38. The molecule has 0 saturated heterocycles. The first-order valence-electron chi connectivity index (χ1n) is 12.5. The Morgan fingerprint density at radius 1 is 1.11 bits per heavy atom. The van der Waals surface area contributed by atoms with E-state index in [1.165, 1.54) is 27.8 Å². The normalized spacial score (nSPS) is 17.3. The number of halogens is 1. The van der Waals surface area contributed by atoms with Crippen molar-refractivity contribution in [1.29, 1.82) is 0 Å². The van der Waals surface area contributed by atoms with E-state index in [1.807, 2.05) is 36.4 Å². The molecule has 2 heterocycles. The molecule has 1 atom stereocenters. The fraction of sp³-hybridized carbons (Fsp3) is 0.276. The summed E-state index contributed by atoms with van der Waals surface area (Å²) in [5.74, 6) is 0.462. The van der Waals surface area contributed by atoms with Crippen molar-refractivity contribution < 1.29 is 17.5 Å². The molecule has 3 aromatic carbocycles. The molecule has 9 heteroatoms. The van der Waals surface area contributed by atoms with Crippen molar-refractivity contribution in [3.63, 3.8) is 0 Å². The lowest BCUT2D eigenvalue weighted by Crippen LogP contribution is -2.41. The average Bonchev–Trinajstić information content (AvgIpc) is 3.41. The zero-order valence-corrected chi connectivity index (χ0v) is 23.2. The van der Waals surface area contributed by atoms with Gasteiger partial charge < -0.3 is 9.64 Å². The molecule has 0 saturated carbocycles. The zero-order valence-electron chi connectivity index (χ0n) is 21.5. The van der Waals surface area contributed by atoms with Gasteiger partial charge in [0, 0.05) is 43.1 Å². The van der Waals surface area contributed by atoms with Gasteiger partial charge in [-0.1, -0.05) is 44.2 Å².